The average Bonchev–Trinajstić information content (AvgIpc) is 3.18. The minimum Gasteiger partial charge on any atom is -0.351 e. The normalized spacial score (nSPS) is 15.5. The van der Waals surface area contributed by atoms with Crippen molar-refractivity contribution >= 4 is 28.6 Å². The summed E-state index contributed by atoms with van der Waals surface area (Å²) in [5.74, 6) is 1.05. The highest BCUT2D eigenvalue weighted by Crippen LogP contribution is 2.30. The Morgan fingerprint density at radius 1 is 1.46 bits per heavy atom. The Labute approximate surface area is 154 Å². The average molecular weight is 369 g/mol. The van der Waals surface area contributed by atoms with E-state index in [1.165, 1.54) is 11.8 Å². The van der Waals surface area contributed by atoms with Crippen molar-refractivity contribution in [3.8, 4) is 0 Å². The zero-order chi connectivity index (χ0) is 18.3. The van der Waals surface area contributed by atoms with Crippen LogP contribution >= 0.6 is 11.8 Å². The van der Waals surface area contributed by atoms with Gasteiger partial charge in [0, 0.05) is 29.9 Å². The van der Waals surface area contributed by atoms with Gasteiger partial charge in [-0.1, -0.05) is 23.9 Å². The quantitative estimate of drug-likeness (QED) is 0.530. The molecule has 0 bridgehead atoms. The van der Waals surface area contributed by atoms with Gasteiger partial charge in [0.2, 0.25) is 10.6 Å². The first kappa shape index (κ1) is 16.8. The predicted octanol–water partition coefficient (Wildman–Crippen LogP) is 2.07. The highest BCUT2D eigenvalue weighted by Gasteiger charge is 2.24. The van der Waals surface area contributed by atoms with Crippen molar-refractivity contribution in [2.24, 2.45) is 0 Å². The lowest BCUT2D eigenvalue weighted by Crippen LogP contribution is -2.31. The van der Waals surface area contributed by atoms with Crippen LogP contribution in [0, 0.1) is 6.92 Å². The number of carbonyl (C=O) groups excluding carboxylic acids is 1. The van der Waals surface area contributed by atoms with Crippen LogP contribution in [0.5, 0.6) is 0 Å². The molecule has 1 aliphatic rings. The van der Waals surface area contributed by atoms with Gasteiger partial charge in [-0.2, -0.15) is 0 Å². The Hall–Kier alpha value is -2.61. The first-order chi connectivity index (χ1) is 12.5. The number of H-pyrrole nitrogens is 1. The number of thioether (sulfide) groups is 1. The summed E-state index contributed by atoms with van der Waals surface area (Å²) in [7, 11) is 0. The fraction of sp³-hybridized carbons (Fsp3) is 0.333. The van der Waals surface area contributed by atoms with Crippen LogP contribution in [0.3, 0.4) is 0 Å². The van der Waals surface area contributed by atoms with E-state index in [0.717, 1.165) is 23.3 Å². The Balaban J connectivity index is 1.51. The summed E-state index contributed by atoms with van der Waals surface area (Å²) < 4.78 is 2.05. The third-order valence-corrected chi connectivity index (χ3v) is 5.41. The zero-order valence-electron chi connectivity index (χ0n) is 14.6. The predicted molar refractivity (Wildman–Crippen MR) is 101 cm³/mol. The van der Waals surface area contributed by atoms with E-state index >= 15 is 0 Å². The number of nitrogens with zero attached hydrogens (tertiary/aromatic N) is 3. The minimum atomic E-state index is -0.336. The van der Waals surface area contributed by atoms with Crippen molar-refractivity contribution in [3.63, 3.8) is 0 Å². The van der Waals surface area contributed by atoms with Gasteiger partial charge in [-0.25, -0.2) is 4.98 Å². The molecular weight excluding hydrogens is 350 g/mol. The van der Waals surface area contributed by atoms with Crippen molar-refractivity contribution in [3.05, 3.63) is 51.6 Å². The number of hydrogen-bond donors (Lipinski definition) is 2. The van der Waals surface area contributed by atoms with Crippen LogP contribution in [-0.4, -0.2) is 38.0 Å². The Bertz CT molecular complexity index is 1060. The van der Waals surface area contributed by atoms with Gasteiger partial charge in [-0.3, -0.25) is 14.7 Å². The van der Waals surface area contributed by atoms with Crippen LogP contribution in [0.25, 0.3) is 10.9 Å². The van der Waals surface area contributed by atoms with E-state index in [9.17, 15) is 9.59 Å². The lowest BCUT2D eigenvalue weighted by atomic mass is 10.1. The van der Waals surface area contributed by atoms with Gasteiger partial charge in [-0.15, -0.1) is 5.10 Å². The maximum Gasteiger partial charge on any atom is 0.256 e. The van der Waals surface area contributed by atoms with Crippen molar-refractivity contribution in [1.29, 1.82) is 0 Å². The number of nitrogens with one attached hydrogen (secondary N) is 2. The molecule has 4 rings (SSSR count). The number of amides is 1. The molecule has 0 spiro atoms. The van der Waals surface area contributed by atoms with Crippen LogP contribution in [0.1, 0.15) is 34.7 Å². The number of para-hydroxylation sites is 1. The smallest absolute Gasteiger partial charge is 0.256 e. The molecule has 0 saturated heterocycles. The Kier molecular flexibility index (Phi) is 4.28. The maximum atomic E-state index is 12.8. The number of aromatic amines is 1. The summed E-state index contributed by atoms with van der Waals surface area (Å²) >= 11 is 1.45. The molecule has 134 valence electrons. The molecule has 0 radical (unpaired) electrons. The van der Waals surface area contributed by atoms with E-state index in [0.29, 0.717) is 22.8 Å². The lowest BCUT2D eigenvalue weighted by molar-refractivity contribution is 0.0954. The SMILES string of the molecule is Cc1nc(SCCNC(=O)c2cn3c4c(cccc4c2=O)C[C@H]3C)n[nH]1. The summed E-state index contributed by atoms with van der Waals surface area (Å²) in [6.45, 7) is 4.37. The topological polar surface area (TPSA) is 92.7 Å². The molecule has 26 heavy (non-hydrogen) atoms. The fourth-order valence-electron chi connectivity index (χ4n) is 3.37. The van der Waals surface area contributed by atoms with Crippen molar-refractivity contribution in [2.75, 3.05) is 12.3 Å². The molecule has 1 amide bonds. The van der Waals surface area contributed by atoms with Crippen LogP contribution in [0.2, 0.25) is 0 Å². The lowest BCUT2D eigenvalue weighted by Gasteiger charge is -2.12. The molecule has 2 aromatic heterocycles. The zero-order valence-corrected chi connectivity index (χ0v) is 15.4. The second-order valence-electron chi connectivity index (χ2n) is 6.45. The van der Waals surface area contributed by atoms with Crippen LogP contribution in [0.15, 0.2) is 34.3 Å². The molecule has 3 heterocycles. The van der Waals surface area contributed by atoms with E-state index in [4.69, 9.17) is 0 Å². The van der Waals surface area contributed by atoms with Gasteiger partial charge in [0.25, 0.3) is 5.91 Å². The molecule has 7 nitrogen and oxygen atoms in total. The fourth-order valence-corrected chi connectivity index (χ4v) is 4.06. The standard InChI is InChI=1S/C18H19N5O2S/c1-10-8-12-4-3-5-13-15(12)23(10)9-14(16(13)24)17(25)19-6-7-26-18-20-11(2)21-22-18/h3-5,9-10H,6-8H2,1-2H3,(H,19,25)(H,20,21,22)/t10-/m1/s1. The second kappa shape index (κ2) is 6.60. The van der Waals surface area contributed by atoms with Gasteiger partial charge in [-0.05, 0) is 31.9 Å². The Morgan fingerprint density at radius 2 is 2.31 bits per heavy atom. The number of hydrogen-bond acceptors (Lipinski definition) is 5. The molecule has 1 atom stereocenters. The monoisotopic (exact) mass is 369 g/mol. The number of pyridine rings is 1. The molecule has 8 heteroatoms. The first-order valence-corrected chi connectivity index (χ1v) is 9.50. The number of aryl methyl sites for hydroxylation is 1. The minimum absolute atomic E-state index is 0.196. The number of benzene rings is 1. The number of aromatic nitrogens is 4. The van der Waals surface area contributed by atoms with Crippen molar-refractivity contribution in [2.45, 2.75) is 31.5 Å². The molecule has 1 aromatic carbocycles. The van der Waals surface area contributed by atoms with E-state index in [1.807, 2.05) is 23.6 Å². The van der Waals surface area contributed by atoms with E-state index in [-0.39, 0.29) is 22.9 Å². The largest absolute Gasteiger partial charge is 0.351 e. The van der Waals surface area contributed by atoms with Crippen LogP contribution in [0.4, 0.5) is 0 Å². The molecule has 2 N–H and O–H groups in total. The van der Waals surface area contributed by atoms with Crippen LogP contribution in [-0.2, 0) is 6.42 Å². The third kappa shape index (κ3) is 2.90. The van der Waals surface area contributed by atoms with Gasteiger partial charge >= 0.3 is 0 Å². The molecular formula is C18H19N5O2S. The Morgan fingerprint density at radius 3 is 3.08 bits per heavy atom. The summed E-state index contributed by atoms with van der Waals surface area (Å²) in [5, 5.41) is 10.9. The highest BCUT2D eigenvalue weighted by molar-refractivity contribution is 7.99. The van der Waals surface area contributed by atoms with Gasteiger partial charge in [0.05, 0.1) is 5.52 Å². The molecule has 0 fully saturated rings. The molecule has 3 aromatic rings. The van der Waals surface area contributed by atoms with Gasteiger partial charge < -0.3 is 9.88 Å². The van der Waals surface area contributed by atoms with E-state index in [1.54, 1.807) is 12.3 Å². The van der Waals surface area contributed by atoms with Crippen LogP contribution < -0.4 is 10.7 Å². The molecule has 1 aliphatic heterocycles. The van der Waals surface area contributed by atoms with Crippen molar-refractivity contribution < 1.29 is 4.79 Å². The molecule has 0 saturated carbocycles. The maximum absolute atomic E-state index is 12.8. The summed E-state index contributed by atoms with van der Waals surface area (Å²) in [6.07, 6.45) is 2.58. The number of carbonyl (C=O) groups is 1. The first-order valence-electron chi connectivity index (χ1n) is 8.51. The van der Waals surface area contributed by atoms with Gasteiger partial charge in [0.1, 0.15) is 11.4 Å². The molecule has 0 unspecified atom stereocenters. The van der Waals surface area contributed by atoms with E-state index in [2.05, 4.69) is 27.4 Å². The highest BCUT2D eigenvalue weighted by atomic mass is 32.2. The summed E-state index contributed by atoms with van der Waals surface area (Å²) in [6, 6.07) is 5.97. The molecule has 0 aliphatic carbocycles. The van der Waals surface area contributed by atoms with Crippen molar-refractivity contribution in [1.82, 2.24) is 25.1 Å². The number of rotatable bonds is 5. The van der Waals surface area contributed by atoms with Gasteiger partial charge in [0.15, 0.2) is 0 Å². The van der Waals surface area contributed by atoms with E-state index < -0.39 is 0 Å². The third-order valence-electron chi connectivity index (χ3n) is 4.57. The second-order valence-corrected chi connectivity index (χ2v) is 7.52. The summed E-state index contributed by atoms with van der Waals surface area (Å²) in [5.41, 5.74) is 2.11. The summed E-state index contributed by atoms with van der Waals surface area (Å²) in [4.78, 5) is 29.5.